The van der Waals surface area contributed by atoms with Crippen molar-refractivity contribution in [1.29, 1.82) is 0 Å². The second kappa shape index (κ2) is 79.6. The maximum absolute atomic E-state index is 11.0. The monoisotopic (exact) mass is 1970 g/mol. The van der Waals surface area contributed by atoms with Gasteiger partial charge in [-0.15, -0.1) is 0 Å². The van der Waals surface area contributed by atoms with E-state index in [1.165, 1.54) is 213 Å². The standard InChI is InChI=1S/C11H25N3.4C10H22N2.C10H24N2.C9H18N2O.2C9H20N2.C8H18N2.2C8H20N2/c1-11(2)13(4)7-10-14-8-5-12(3)6-9-14;3*1-9(2)12(4)8-10-6-5-7-11(10)3;1-10(2)11(3)8-9-12-6-4-5-7-12;1-9(2)11(5)7-8-12(6)10(3)4;1-8(2)10-4-6-11(7-5-10)9(3)12;2*1-8(2)11-6-5-9(7-11)10(3)4;1-7(2)10-5-8(6-10)9(3)4;2*1-8(2)10(5)7-6-9(3)4/h11H,5-10H2,1-4H3;3*9-10H,5-8H2,1-4H3;10H,4-9H2,1-3H3;9-10H,7-8H2,1-6H3;8H,4-7H2,1-3H3;2*8-9H,5-7H2,1-4H3;7-8H,5-6H2,1-4H3;2*8H,6-7H2,1-5H3/t;2*10-;;;;;2*9-;;;/m.10....10.../s1/i;;;;;;;;;;3D3;. The molecule has 9 rings (SSSR count). The molecular weight excluding hydrogens is 1710 g/mol. The molecule has 0 aromatic heterocycles. The van der Waals surface area contributed by atoms with Crippen molar-refractivity contribution in [2.45, 2.75) is 366 Å². The fraction of sp³-hybridized carbons (Fsp3) is 0.991. The van der Waals surface area contributed by atoms with E-state index in [2.05, 4.69) is 434 Å². The van der Waals surface area contributed by atoms with Gasteiger partial charge in [-0.1, -0.05) is 0 Å². The van der Waals surface area contributed by atoms with Crippen LogP contribution in [0.15, 0.2) is 0 Å². The van der Waals surface area contributed by atoms with Crippen molar-refractivity contribution >= 4 is 5.91 Å². The van der Waals surface area contributed by atoms with Crippen molar-refractivity contribution in [2.75, 3.05) is 371 Å². The second-order valence-corrected chi connectivity index (χ2v) is 47.6. The average molecular weight is 1970 g/mol. The van der Waals surface area contributed by atoms with Crippen molar-refractivity contribution in [2.24, 2.45) is 0 Å². The molecule has 9 aliphatic heterocycles. The van der Waals surface area contributed by atoms with Gasteiger partial charge < -0.3 is 98.0 Å². The number of likely N-dealkylation sites (N-methyl/N-ethyl adjacent to an activating group) is 18. The van der Waals surface area contributed by atoms with Gasteiger partial charge in [-0.2, -0.15) is 0 Å². The third-order valence-electron chi connectivity index (χ3n) is 31.4. The molecule has 0 bridgehead atoms. The van der Waals surface area contributed by atoms with Crippen LogP contribution < -0.4 is 0 Å². The molecule has 9 aliphatic rings. The van der Waals surface area contributed by atoms with Gasteiger partial charge in [0.2, 0.25) is 5.91 Å². The van der Waals surface area contributed by atoms with E-state index in [9.17, 15) is 4.79 Å². The number of piperazine rings is 2. The molecule has 9 fully saturated rings. The van der Waals surface area contributed by atoms with Gasteiger partial charge in [-0.25, -0.2) is 0 Å². The maximum Gasteiger partial charge on any atom is 0.219 e. The van der Waals surface area contributed by atoms with Gasteiger partial charge in [0.05, 0.1) is 0 Å². The van der Waals surface area contributed by atoms with Crippen LogP contribution in [0.5, 0.6) is 0 Å². The molecule has 0 aromatic carbocycles. The van der Waals surface area contributed by atoms with Crippen molar-refractivity contribution < 1.29 is 8.91 Å². The zero-order valence-electron chi connectivity index (χ0n) is 105. The number of rotatable bonds is 37. The Labute approximate surface area is 870 Å². The first-order valence-corrected chi connectivity index (χ1v) is 55.9. The van der Waals surface area contributed by atoms with Crippen LogP contribution in [0.4, 0.5) is 0 Å². The minimum Gasteiger partial charge on any atom is -0.340 e. The largest absolute Gasteiger partial charge is 0.340 e. The Hall–Kier alpha value is -1.49. The van der Waals surface area contributed by atoms with Gasteiger partial charge in [0.15, 0.2) is 0 Å². The number of carbonyl (C=O) groups is 1. The summed E-state index contributed by atoms with van der Waals surface area (Å²) in [5, 5.41) is 0. The molecule has 0 aromatic rings. The van der Waals surface area contributed by atoms with Crippen LogP contribution in [0.25, 0.3) is 0 Å². The SMILES string of the molecule is CC(=O)N1CCN(C(C)C)CC1.CC(C)N(C)CC1CCCN1C.CC(C)N(C)CCN(C)C.CC(C)N(C)CCN(C)C(C)C.CC(C)N(C)CCN1CCCC1.CC(C)N(C)CCN1CCN(C)CC1.CC(C)N(C)C[C@@H]1CCCN1C.CC(C)N(C)C[C@H]1CCCN1C.CC(C)N1CC(N(C)C)C1.CC(C)N1CC[C@@H](N(C)C)C1.CC(C)N1CC[C@H](N(C)C)C1.[2H]C([2H])([2H])N(C)CCN(C)C(C)C. The third-order valence-corrected chi connectivity index (χ3v) is 31.4. The molecule has 0 spiro atoms. The van der Waals surface area contributed by atoms with Crippen LogP contribution in [0.1, 0.15) is 255 Å². The normalized spacial score (nSPS) is 21.6. The summed E-state index contributed by atoms with van der Waals surface area (Å²) >= 11 is 0. The Morgan fingerprint density at radius 1 is 0.268 bits per heavy atom. The lowest BCUT2D eigenvalue weighted by Crippen LogP contribution is -2.59. The van der Waals surface area contributed by atoms with E-state index in [0.717, 1.165) is 113 Å². The summed E-state index contributed by atoms with van der Waals surface area (Å²) in [5.74, 6) is 0.207. The van der Waals surface area contributed by atoms with E-state index in [1.54, 1.807) is 14.0 Å². The van der Waals surface area contributed by atoms with Crippen molar-refractivity contribution in [3.63, 3.8) is 0 Å². The van der Waals surface area contributed by atoms with Gasteiger partial charge in [0, 0.05) is 303 Å². The molecule has 26 nitrogen and oxygen atoms in total. The predicted octanol–water partition coefficient (Wildman–Crippen LogP) is 13.0. The Morgan fingerprint density at radius 2 is 0.529 bits per heavy atom. The molecule has 0 saturated carbocycles. The van der Waals surface area contributed by atoms with E-state index in [1.807, 2.05) is 11.9 Å². The highest BCUT2D eigenvalue weighted by Gasteiger charge is 2.32. The first-order valence-electron chi connectivity index (χ1n) is 57.4. The fourth-order valence-electron chi connectivity index (χ4n) is 16.6. The fourth-order valence-corrected chi connectivity index (χ4v) is 16.6. The summed E-state index contributed by atoms with van der Waals surface area (Å²) in [7, 11) is 47.4. The van der Waals surface area contributed by atoms with Crippen molar-refractivity contribution in [3.05, 3.63) is 0 Å². The Morgan fingerprint density at radius 3 is 0.754 bits per heavy atom. The second-order valence-electron chi connectivity index (χ2n) is 47.6. The number of amides is 1. The molecule has 0 radical (unpaired) electrons. The van der Waals surface area contributed by atoms with Crippen LogP contribution in [0.3, 0.4) is 0 Å². The summed E-state index contributed by atoms with van der Waals surface area (Å²) < 4.78 is 21.4. The molecule has 0 aliphatic carbocycles. The molecule has 138 heavy (non-hydrogen) atoms. The number of likely N-dealkylation sites (tertiary alicyclic amines) is 7. The minimum absolute atomic E-state index is 0.207. The molecule has 26 heteroatoms. The number of hydrogen-bond donors (Lipinski definition) is 0. The van der Waals surface area contributed by atoms with E-state index in [4.69, 9.17) is 4.11 Å². The quantitative estimate of drug-likeness (QED) is 0.0589. The van der Waals surface area contributed by atoms with Crippen molar-refractivity contribution in [3.8, 4) is 0 Å². The molecular formula is C112H253N25O. The summed E-state index contributed by atoms with van der Waals surface area (Å²) in [6, 6.07) is 13.4. The zero-order chi connectivity index (χ0) is 109. The number of nitrogens with zero attached hydrogens (tertiary/aromatic N) is 25. The highest BCUT2D eigenvalue weighted by atomic mass is 16.2. The Bertz CT molecular complexity index is 2660. The van der Waals surface area contributed by atoms with Gasteiger partial charge in [0.25, 0.3) is 0 Å². The number of carbonyl (C=O) groups excluding carboxylic acids is 1. The zero-order valence-corrected chi connectivity index (χ0v) is 102. The van der Waals surface area contributed by atoms with E-state index in [-0.39, 0.29) is 5.91 Å². The van der Waals surface area contributed by atoms with E-state index >= 15 is 0 Å². The molecule has 1 unspecified atom stereocenters. The molecule has 9 heterocycles. The Kier molecular flexibility index (Phi) is 77.6. The summed E-state index contributed by atoms with van der Waals surface area (Å²) in [5.41, 5.74) is 0. The smallest absolute Gasteiger partial charge is 0.219 e. The lowest BCUT2D eigenvalue weighted by molar-refractivity contribution is -0.130. The molecule has 1 amide bonds. The van der Waals surface area contributed by atoms with Crippen molar-refractivity contribution in [1.82, 2.24) is 122 Å². The van der Waals surface area contributed by atoms with Gasteiger partial charge in [0.1, 0.15) is 0 Å². The van der Waals surface area contributed by atoms with E-state index < -0.39 is 6.98 Å². The predicted molar refractivity (Wildman–Crippen MR) is 614 cm³/mol. The maximum atomic E-state index is 11.0. The third kappa shape index (κ3) is 68.9. The lowest BCUT2D eigenvalue weighted by Gasteiger charge is -2.45. The topological polar surface area (TPSA) is 98.1 Å². The lowest BCUT2D eigenvalue weighted by atomic mass is 10.1. The first-order chi connectivity index (χ1) is 65.3. The first kappa shape index (κ1) is 135. The van der Waals surface area contributed by atoms with Crippen LogP contribution in [-0.4, -0.2) is 615 Å². The molecule has 5 atom stereocenters. The average Bonchev–Trinajstić information content (AvgIpc) is 1.69. The highest BCUT2D eigenvalue weighted by Crippen LogP contribution is 2.22. The summed E-state index contributed by atoms with van der Waals surface area (Å²) in [4.78, 5) is 69.8. The van der Waals surface area contributed by atoms with Crippen LogP contribution in [-0.2, 0) is 4.79 Å². The minimum atomic E-state index is -1.96. The van der Waals surface area contributed by atoms with Crippen LogP contribution in [0, 0.1) is 0 Å². The summed E-state index contributed by atoms with van der Waals surface area (Å²) in [6.45, 7) is 95.2. The summed E-state index contributed by atoms with van der Waals surface area (Å²) in [6.07, 6.45) is 13.8. The Balaban J connectivity index is -0.00000147. The molecule has 832 valence electrons. The highest BCUT2D eigenvalue weighted by molar-refractivity contribution is 5.73. The van der Waals surface area contributed by atoms with Gasteiger partial charge in [-0.3, -0.25) is 29.3 Å². The molecule has 0 N–H and O–H groups in total. The van der Waals surface area contributed by atoms with Crippen LogP contribution in [0.2, 0.25) is 0 Å². The van der Waals surface area contributed by atoms with Gasteiger partial charge >= 0.3 is 0 Å². The van der Waals surface area contributed by atoms with E-state index in [0.29, 0.717) is 67.0 Å². The molecule has 9 saturated heterocycles. The number of hydrogen-bond acceptors (Lipinski definition) is 25. The van der Waals surface area contributed by atoms with Crippen LogP contribution >= 0.6 is 0 Å². The van der Waals surface area contributed by atoms with Gasteiger partial charge in [-0.05, 0) is 439 Å².